The van der Waals surface area contributed by atoms with Crippen LogP contribution in [0.15, 0.2) is 41.6 Å². The van der Waals surface area contributed by atoms with Gasteiger partial charge in [-0.05, 0) is 105 Å². The Morgan fingerprint density at radius 1 is 0.972 bits per heavy atom. The van der Waals surface area contributed by atoms with Crippen molar-refractivity contribution < 1.29 is 23.9 Å². The fourth-order valence-corrected chi connectivity index (χ4v) is 4.81. The van der Waals surface area contributed by atoms with Gasteiger partial charge in [0.15, 0.2) is 0 Å². The largest absolute Gasteiger partial charge is 0.477 e. The van der Waals surface area contributed by atoms with Gasteiger partial charge in [-0.1, -0.05) is 18.6 Å². The number of aryl methyl sites for hydroxylation is 2. The minimum Gasteiger partial charge on any atom is -0.477 e. The van der Waals surface area contributed by atoms with E-state index in [1.165, 1.54) is 24.5 Å². The van der Waals surface area contributed by atoms with Crippen LogP contribution in [0.2, 0.25) is 0 Å². The molecule has 0 unspecified atom stereocenters. The maximum absolute atomic E-state index is 14.0. The number of carbonyl (C=O) groups is 3. The molecule has 0 atom stereocenters. The molecule has 0 bridgehead atoms. The second kappa shape index (κ2) is 10.9. The molecule has 3 amide bonds. The number of nitrogens with one attached hydrogen (secondary N) is 3. The summed E-state index contributed by atoms with van der Waals surface area (Å²) in [6.07, 6.45) is 7.52. The highest BCUT2D eigenvalue weighted by Gasteiger charge is 2.24. The van der Waals surface area contributed by atoms with E-state index < -0.39 is 23.7 Å². The molecule has 0 saturated heterocycles. The summed E-state index contributed by atoms with van der Waals surface area (Å²) in [4.78, 5) is 37.7. The summed E-state index contributed by atoms with van der Waals surface area (Å²) in [6, 6.07) is 6.87. The second-order valence-electron chi connectivity index (χ2n) is 9.82. The van der Waals surface area contributed by atoms with Crippen molar-refractivity contribution in [3.63, 3.8) is 0 Å². The predicted molar refractivity (Wildman–Crippen MR) is 137 cm³/mol. The number of carboxylic acid groups (broad SMARTS) is 1. The lowest BCUT2D eigenvalue weighted by atomic mass is 9.93. The SMILES string of the molecule is Cc1cc(CC2CC2)cc(C)c1NC(=O)Nc1cc(F)ccc1C(=O)NC(C(=O)O)=C1CCCCC1. The summed E-state index contributed by atoms with van der Waals surface area (Å²) in [5.41, 5.74) is 4.20. The van der Waals surface area contributed by atoms with E-state index in [1.807, 2.05) is 13.8 Å². The fraction of sp³-hybridized carbons (Fsp3) is 0.393. The lowest BCUT2D eigenvalue weighted by molar-refractivity contribution is -0.133. The molecule has 2 fully saturated rings. The molecule has 2 saturated carbocycles. The highest BCUT2D eigenvalue weighted by Crippen LogP contribution is 2.34. The smallest absolute Gasteiger partial charge is 0.352 e. The van der Waals surface area contributed by atoms with Crippen LogP contribution in [0.4, 0.5) is 20.6 Å². The summed E-state index contributed by atoms with van der Waals surface area (Å²) in [5, 5.41) is 17.5. The van der Waals surface area contributed by atoms with Crippen LogP contribution >= 0.6 is 0 Å². The van der Waals surface area contributed by atoms with Crippen molar-refractivity contribution in [3.05, 3.63) is 69.7 Å². The average Bonchev–Trinajstić information content (AvgIpc) is 3.64. The molecule has 2 aromatic rings. The maximum atomic E-state index is 14.0. The van der Waals surface area contributed by atoms with Crippen molar-refractivity contribution in [1.29, 1.82) is 0 Å². The quantitative estimate of drug-likeness (QED) is 0.351. The van der Waals surface area contributed by atoms with E-state index in [0.717, 1.165) is 54.9 Å². The van der Waals surface area contributed by atoms with Crippen LogP contribution in [0, 0.1) is 25.6 Å². The third kappa shape index (κ3) is 6.30. The highest BCUT2D eigenvalue weighted by molar-refractivity contribution is 6.08. The summed E-state index contributed by atoms with van der Waals surface area (Å²) >= 11 is 0. The van der Waals surface area contributed by atoms with Crippen molar-refractivity contribution in [2.75, 3.05) is 10.6 Å². The topological polar surface area (TPSA) is 108 Å². The Bertz CT molecular complexity index is 1200. The van der Waals surface area contributed by atoms with E-state index in [-0.39, 0.29) is 16.9 Å². The zero-order chi connectivity index (χ0) is 25.8. The Kier molecular flexibility index (Phi) is 7.72. The summed E-state index contributed by atoms with van der Waals surface area (Å²) in [6.45, 7) is 3.85. The molecule has 190 valence electrons. The van der Waals surface area contributed by atoms with Gasteiger partial charge in [0.05, 0.1) is 11.3 Å². The van der Waals surface area contributed by atoms with Crippen molar-refractivity contribution in [3.8, 4) is 0 Å². The molecule has 0 aliphatic heterocycles. The molecule has 0 radical (unpaired) electrons. The number of hydrogen-bond donors (Lipinski definition) is 4. The standard InChI is InChI=1S/C28H32FN3O4/c1-16-12-19(14-18-8-9-18)13-17(2)24(16)32-28(36)30-23-15-21(29)10-11-22(23)26(33)31-25(27(34)35)20-6-4-3-5-7-20/h10-13,15,18H,3-9,14H2,1-2H3,(H,31,33)(H,34,35)(H2,30,32,36). The van der Waals surface area contributed by atoms with Gasteiger partial charge in [-0.3, -0.25) is 4.79 Å². The minimum absolute atomic E-state index is 0.0325. The van der Waals surface area contributed by atoms with Crippen molar-refractivity contribution in [1.82, 2.24) is 5.32 Å². The summed E-state index contributed by atoms with van der Waals surface area (Å²) < 4.78 is 14.0. The van der Waals surface area contributed by atoms with E-state index in [9.17, 15) is 23.9 Å². The Balaban J connectivity index is 1.51. The molecule has 7 nitrogen and oxygen atoms in total. The van der Waals surface area contributed by atoms with Gasteiger partial charge in [0.25, 0.3) is 5.91 Å². The molecule has 8 heteroatoms. The van der Waals surface area contributed by atoms with E-state index >= 15 is 0 Å². The lowest BCUT2D eigenvalue weighted by Gasteiger charge is -2.19. The molecule has 0 spiro atoms. The molecule has 2 aliphatic rings. The average molecular weight is 494 g/mol. The van der Waals surface area contributed by atoms with E-state index in [2.05, 4.69) is 28.1 Å². The summed E-state index contributed by atoms with van der Waals surface area (Å²) in [7, 11) is 0. The molecule has 0 aromatic heterocycles. The van der Waals surface area contributed by atoms with Gasteiger partial charge in [-0.2, -0.15) is 0 Å². The van der Waals surface area contributed by atoms with Crippen molar-refractivity contribution >= 4 is 29.3 Å². The van der Waals surface area contributed by atoms with Crippen LogP contribution in [0.1, 0.15) is 72.0 Å². The van der Waals surface area contributed by atoms with Crippen molar-refractivity contribution in [2.24, 2.45) is 5.92 Å². The van der Waals surface area contributed by atoms with Gasteiger partial charge in [-0.25, -0.2) is 14.0 Å². The second-order valence-corrected chi connectivity index (χ2v) is 9.82. The van der Waals surface area contributed by atoms with Crippen molar-refractivity contribution in [2.45, 2.75) is 65.2 Å². The van der Waals surface area contributed by atoms with Gasteiger partial charge >= 0.3 is 12.0 Å². The first kappa shape index (κ1) is 25.4. The number of hydrogen-bond acceptors (Lipinski definition) is 3. The predicted octanol–water partition coefficient (Wildman–Crippen LogP) is 6.07. The van der Waals surface area contributed by atoms with Crippen LogP contribution in [-0.2, 0) is 11.2 Å². The van der Waals surface area contributed by atoms with Crippen LogP contribution in [0.25, 0.3) is 0 Å². The van der Waals surface area contributed by atoms with Crippen LogP contribution in [0.3, 0.4) is 0 Å². The van der Waals surface area contributed by atoms with Gasteiger partial charge in [0.1, 0.15) is 11.5 Å². The molecule has 2 aliphatic carbocycles. The first-order chi connectivity index (χ1) is 17.2. The number of carboxylic acids is 1. The lowest BCUT2D eigenvalue weighted by Crippen LogP contribution is -2.30. The number of benzene rings is 2. The molecule has 36 heavy (non-hydrogen) atoms. The first-order valence-corrected chi connectivity index (χ1v) is 12.5. The molecular weight excluding hydrogens is 461 g/mol. The van der Waals surface area contributed by atoms with Crippen LogP contribution in [-0.4, -0.2) is 23.0 Å². The number of urea groups is 1. The first-order valence-electron chi connectivity index (χ1n) is 12.5. The minimum atomic E-state index is -1.22. The highest BCUT2D eigenvalue weighted by atomic mass is 19.1. The molecule has 0 heterocycles. The fourth-order valence-electron chi connectivity index (χ4n) is 4.81. The molecule has 2 aromatic carbocycles. The van der Waals surface area contributed by atoms with Gasteiger partial charge < -0.3 is 21.1 Å². The van der Waals surface area contributed by atoms with Gasteiger partial charge in [0.2, 0.25) is 0 Å². The molecular formula is C28H32FN3O4. The van der Waals surface area contributed by atoms with E-state index in [1.54, 1.807) is 0 Å². The third-order valence-corrected chi connectivity index (χ3v) is 6.79. The maximum Gasteiger partial charge on any atom is 0.352 e. The Hall–Kier alpha value is -3.68. The normalized spacial score (nSPS) is 15.2. The monoisotopic (exact) mass is 493 g/mol. The Labute approximate surface area is 210 Å². The molecule has 4 N–H and O–H groups in total. The summed E-state index contributed by atoms with van der Waals surface area (Å²) in [5.74, 6) is -1.83. The Morgan fingerprint density at radius 2 is 1.64 bits per heavy atom. The van der Waals surface area contributed by atoms with E-state index in [4.69, 9.17) is 0 Å². The number of anilines is 2. The number of carbonyl (C=O) groups excluding carboxylic acids is 2. The Morgan fingerprint density at radius 3 is 2.25 bits per heavy atom. The zero-order valence-corrected chi connectivity index (χ0v) is 20.7. The molecule has 4 rings (SSSR count). The number of rotatable bonds is 7. The zero-order valence-electron chi connectivity index (χ0n) is 20.7. The van der Waals surface area contributed by atoms with E-state index in [0.29, 0.717) is 24.1 Å². The van der Waals surface area contributed by atoms with Gasteiger partial charge in [0, 0.05) is 5.69 Å². The van der Waals surface area contributed by atoms with Crippen LogP contribution < -0.4 is 16.0 Å². The van der Waals surface area contributed by atoms with Gasteiger partial charge in [-0.15, -0.1) is 0 Å². The number of allylic oxidation sites excluding steroid dienone is 1. The number of amides is 3. The third-order valence-electron chi connectivity index (χ3n) is 6.79. The van der Waals surface area contributed by atoms with Crippen LogP contribution in [0.5, 0.6) is 0 Å². The number of aliphatic carboxylic acids is 1. The number of halogens is 1.